The molecule has 13 heavy (non-hydrogen) atoms. The summed E-state index contributed by atoms with van der Waals surface area (Å²) in [6.07, 6.45) is -11.9. The maximum absolute atomic E-state index is 12.1. The highest BCUT2D eigenvalue weighted by atomic mass is 19.4. The van der Waals surface area contributed by atoms with Crippen molar-refractivity contribution in [2.45, 2.75) is 25.7 Å². The molecule has 0 radical (unpaired) electrons. The summed E-state index contributed by atoms with van der Waals surface area (Å²) in [5.41, 5.74) is -2.18. The van der Waals surface area contributed by atoms with E-state index < -0.39 is 30.2 Å². The Balaban J connectivity index is 5.16. The lowest BCUT2D eigenvalue weighted by Gasteiger charge is -2.12. The second-order valence-electron chi connectivity index (χ2n) is 2.14. The van der Waals surface area contributed by atoms with Crippen molar-refractivity contribution in [1.29, 1.82) is 0 Å². The lowest BCUT2D eigenvalue weighted by atomic mass is 10.1. The van der Waals surface area contributed by atoms with Crippen molar-refractivity contribution < 1.29 is 30.7 Å². The smallest absolute Gasteiger partial charge is 0.201 e. The van der Waals surface area contributed by atoms with Crippen molar-refractivity contribution in [3.05, 3.63) is 11.4 Å². The van der Waals surface area contributed by atoms with E-state index in [9.17, 15) is 30.7 Å². The van der Waals surface area contributed by atoms with Crippen molar-refractivity contribution >= 4 is 0 Å². The zero-order valence-corrected chi connectivity index (χ0v) is 6.35. The van der Waals surface area contributed by atoms with E-state index in [0.29, 0.717) is 0 Å². The van der Waals surface area contributed by atoms with Crippen molar-refractivity contribution in [3.63, 3.8) is 0 Å². The molecule has 0 saturated carbocycles. The van der Waals surface area contributed by atoms with Crippen LogP contribution in [0.5, 0.6) is 0 Å². The number of halogens is 7. The van der Waals surface area contributed by atoms with Crippen molar-refractivity contribution in [2.24, 2.45) is 0 Å². The molecule has 7 heteroatoms. The molecular formula is C6H5F7. The van der Waals surface area contributed by atoms with Gasteiger partial charge in [0.25, 0.3) is 0 Å². The standard InChI is InChI=1S/C6H5F7/c1-2-3(5(8,9)10)4(7)6(11,12)13/h2H2,1H3/b4-3+. The van der Waals surface area contributed by atoms with Crippen LogP contribution in [0.25, 0.3) is 0 Å². The SMILES string of the molecule is CC/C(=C(\F)C(F)(F)F)C(F)(F)F. The van der Waals surface area contributed by atoms with Crippen LogP contribution in [-0.4, -0.2) is 12.4 Å². The van der Waals surface area contributed by atoms with Gasteiger partial charge in [0, 0.05) is 0 Å². The molecule has 0 N–H and O–H groups in total. The third-order valence-electron chi connectivity index (χ3n) is 1.21. The number of hydrogen-bond acceptors (Lipinski definition) is 0. The van der Waals surface area contributed by atoms with Crippen molar-refractivity contribution in [2.75, 3.05) is 0 Å². The van der Waals surface area contributed by atoms with Crippen molar-refractivity contribution in [3.8, 4) is 0 Å². The molecule has 0 atom stereocenters. The molecule has 0 unspecified atom stereocenters. The molecule has 0 aromatic rings. The largest absolute Gasteiger partial charge is 0.443 e. The van der Waals surface area contributed by atoms with Crippen LogP contribution in [0.15, 0.2) is 11.4 Å². The predicted molar refractivity (Wildman–Crippen MR) is 30.5 cm³/mol. The molecule has 0 aromatic heterocycles. The van der Waals surface area contributed by atoms with Crippen LogP contribution in [0.1, 0.15) is 13.3 Å². The van der Waals surface area contributed by atoms with Gasteiger partial charge in [0.2, 0.25) is 5.83 Å². The summed E-state index contributed by atoms with van der Waals surface area (Å²) in [5.74, 6) is -3.07. The van der Waals surface area contributed by atoms with Gasteiger partial charge in [-0.15, -0.1) is 0 Å². The molecule has 0 amide bonds. The molecule has 0 aromatic carbocycles. The summed E-state index contributed by atoms with van der Waals surface area (Å²) in [5, 5.41) is 0. The Morgan fingerprint density at radius 3 is 1.38 bits per heavy atom. The molecule has 0 rings (SSSR count). The van der Waals surface area contributed by atoms with Crippen LogP contribution >= 0.6 is 0 Å². The summed E-state index contributed by atoms with van der Waals surface area (Å²) in [7, 11) is 0. The molecule has 78 valence electrons. The van der Waals surface area contributed by atoms with Crippen LogP contribution in [0.3, 0.4) is 0 Å². The van der Waals surface area contributed by atoms with Gasteiger partial charge in [-0.05, 0) is 6.42 Å². The van der Waals surface area contributed by atoms with Crippen LogP contribution < -0.4 is 0 Å². The van der Waals surface area contributed by atoms with Gasteiger partial charge in [-0.25, -0.2) is 4.39 Å². The second-order valence-corrected chi connectivity index (χ2v) is 2.14. The fourth-order valence-electron chi connectivity index (χ4n) is 0.651. The summed E-state index contributed by atoms with van der Waals surface area (Å²) >= 11 is 0. The summed E-state index contributed by atoms with van der Waals surface area (Å²) in [4.78, 5) is 0. The normalized spacial score (nSPS) is 15.7. The monoisotopic (exact) mass is 210 g/mol. The first kappa shape index (κ1) is 12.2. The van der Waals surface area contributed by atoms with Gasteiger partial charge in [0.1, 0.15) is 0 Å². The number of hydrogen-bond donors (Lipinski definition) is 0. The molecular weight excluding hydrogens is 205 g/mol. The molecule has 0 aliphatic heterocycles. The van der Waals surface area contributed by atoms with Gasteiger partial charge >= 0.3 is 12.4 Å². The number of rotatable bonds is 1. The lowest BCUT2D eigenvalue weighted by molar-refractivity contribution is -0.129. The Bertz CT molecular complexity index is 206. The fraction of sp³-hybridized carbons (Fsp3) is 0.667. The first-order chi connectivity index (χ1) is 5.60. The predicted octanol–water partition coefficient (Wildman–Crippen LogP) is 3.74. The van der Waals surface area contributed by atoms with Gasteiger partial charge < -0.3 is 0 Å². The Kier molecular flexibility index (Phi) is 3.34. The Morgan fingerprint density at radius 2 is 1.31 bits per heavy atom. The zero-order chi connectivity index (χ0) is 10.9. The average molecular weight is 210 g/mol. The quantitative estimate of drug-likeness (QED) is 0.578. The molecule has 0 aliphatic rings. The van der Waals surface area contributed by atoms with E-state index in [1.165, 1.54) is 0 Å². The van der Waals surface area contributed by atoms with E-state index >= 15 is 0 Å². The average Bonchev–Trinajstić information content (AvgIpc) is 1.83. The first-order valence-corrected chi connectivity index (χ1v) is 3.13. The maximum Gasteiger partial charge on any atom is 0.443 e. The van der Waals surface area contributed by atoms with Gasteiger partial charge in [0.15, 0.2) is 0 Å². The van der Waals surface area contributed by atoms with Crippen LogP contribution in [-0.2, 0) is 0 Å². The Hall–Kier alpha value is -0.750. The van der Waals surface area contributed by atoms with E-state index in [2.05, 4.69) is 0 Å². The Labute approximate surface area is 69.0 Å². The fourth-order valence-corrected chi connectivity index (χ4v) is 0.651. The molecule has 0 heterocycles. The number of allylic oxidation sites excluding steroid dienone is 2. The maximum atomic E-state index is 12.1. The minimum absolute atomic E-state index is 0.800. The summed E-state index contributed by atoms with van der Waals surface area (Å²) < 4.78 is 81.7. The van der Waals surface area contributed by atoms with E-state index in [4.69, 9.17) is 0 Å². The highest BCUT2D eigenvalue weighted by molar-refractivity contribution is 5.17. The van der Waals surface area contributed by atoms with Gasteiger partial charge in [0.05, 0.1) is 5.57 Å². The molecule has 0 nitrogen and oxygen atoms in total. The first-order valence-electron chi connectivity index (χ1n) is 3.13. The van der Waals surface area contributed by atoms with E-state index in [0.717, 1.165) is 6.92 Å². The highest BCUT2D eigenvalue weighted by Crippen LogP contribution is 2.38. The molecule has 0 spiro atoms. The summed E-state index contributed by atoms with van der Waals surface area (Å²) in [6.45, 7) is 0.800. The third kappa shape index (κ3) is 3.23. The molecule has 0 fully saturated rings. The molecule has 0 saturated heterocycles. The molecule has 0 bridgehead atoms. The third-order valence-corrected chi connectivity index (χ3v) is 1.21. The summed E-state index contributed by atoms with van der Waals surface area (Å²) in [6, 6.07) is 0. The zero-order valence-electron chi connectivity index (χ0n) is 6.35. The van der Waals surface area contributed by atoms with Crippen LogP contribution in [0, 0.1) is 0 Å². The van der Waals surface area contributed by atoms with Crippen molar-refractivity contribution in [1.82, 2.24) is 0 Å². The number of alkyl halides is 6. The van der Waals surface area contributed by atoms with Crippen LogP contribution in [0.4, 0.5) is 30.7 Å². The van der Waals surface area contributed by atoms with Crippen LogP contribution in [0.2, 0.25) is 0 Å². The van der Waals surface area contributed by atoms with E-state index in [1.54, 1.807) is 0 Å². The lowest BCUT2D eigenvalue weighted by Crippen LogP contribution is -2.19. The van der Waals surface area contributed by atoms with Gasteiger partial charge in [-0.3, -0.25) is 0 Å². The van der Waals surface area contributed by atoms with E-state index in [-0.39, 0.29) is 0 Å². The Morgan fingerprint density at radius 1 is 0.923 bits per heavy atom. The minimum atomic E-state index is -5.57. The molecule has 0 aliphatic carbocycles. The van der Waals surface area contributed by atoms with E-state index in [1.807, 2.05) is 0 Å². The van der Waals surface area contributed by atoms with Gasteiger partial charge in [-0.2, -0.15) is 26.3 Å². The highest BCUT2D eigenvalue weighted by Gasteiger charge is 2.45. The second kappa shape index (κ2) is 3.55. The minimum Gasteiger partial charge on any atom is -0.201 e. The van der Waals surface area contributed by atoms with Gasteiger partial charge in [-0.1, -0.05) is 6.92 Å². The topological polar surface area (TPSA) is 0 Å².